The summed E-state index contributed by atoms with van der Waals surface area (Å²) in [7, 11) is 0. The predicted molar refractivity (Wildman–Crippen MR) is 77.8 cm³/mol. The Morgan fingerprint density at radius 3 is 2.17 bits per heavy atom. The molecule has 2 N–H and O–H groups in total. The smallest absolute Gasteiger partial charge is 0.0445 e. The molecule has 0 aliphatic heterocycles. The molecule has 1 aromatic carbocycles. The summed E-state index contributed by atoms with van der Waals surface area (Å²) in [6.07, 6.45) is 0.823. The van der Waals surface area contributed by atoms with Crippen LogP contribution in [0, 0.1) is 5.92 Å². The lowest BCUT2D eigenvalue weighted by Gasteiger charge is -2.29. The van der Waals surface area contributed by atoms with Crippen molar-refractivity contribution >= 4 is 0 Å². The molecule has 0 bridgehead atoms. The molecule has 18 heavy (non-hydrogen) atoms. The largest absolute Gasteiger partial charge is 0.396 e. The van der Waals surface area contributed by atoms with E-state index in [9.17, 15) is 0 Å². The normalized spacial score (nSPS) is 16.6. The van der Waals surface area contributed by atoms with Crippen molar-refractivity contribution in [2.75, 3.05) is 6.61 Å². The molecule has 1 rings (SSSR count). The van der Waals surface area contributed by atoms with Crippen molar-refractivity contribution in [2.45, 2.75) is 52.1 Å². The zero-order chi connectivity index (χ0) is 13.5. The molecule has 0 amide bonds. The Morgan fingerprint density at radius 2 is 1.67 bits per heavy atom. The molecular weight excluding hydrogens is 222 g/mol. The average Bonchev–Trinajstić information content (AvgIpc) is 2.38. The molecule has 3 atom stereocenters. The Bertz CT molecular complexity index is 323. The van der Waals surface area contributed by atoms with Crippen molar-refractivity contribution in [3.63, 3.8) is 0 Å². The second-order valence-electron chi connectivity index (χ2n) is 5.52. The summed E-state index contributed by atoms with van der Waals surface area (Å²) in [6.45, 7) is 9.14. The number of hydrogen-bond acceptors (Lipinski definition) is 2. The second kappa shape index (κ2) is 7.55. The van der Waals surface area contributed by atoms with Crippen LogP contribution >= 0.6 is 0 Å². The van der Waals surface area contributed by atoms with E-state index >= 15 is 0 Å². The van der Waals surface area contributed by atoms with Gasteiger partial charge in [0.1, 0.15) is 0 Å². The first-order valence-electron chi connectivity index (χ1n) is 6.98. The van der Waals surface area contributed by atoms with E-state index in [1.54, 1.807) is 0 Å². The summed E-state index contributed by atoms with van der Waals surface area (Å²) >= 11 is 0. The number of nitrogens with one attached hydrogen (secondary N) is 1. The first-order chi connectivity index (χ1) is 8.56. The Kier molecular flexibility index (Phi) is 6.37. The van der Waals surface area contributed by atoms with E-state index < -0.39 is 0 Å². The minimum atomic E-state index is 0.252. The van der Waals surface area contributed by atoms with Crippen LogP contribution in [0.25, 0.3) is 0 Å². The van der Waals surface area contributed by atoms with Gasteiger partial charge < -0.3 is 10.4 Å². The van der Waals surface area contributed by atoms with Crippen LogP contribution in [-0.4, -0.2) is 23.8 Å². The van der Waals surface area contributed by atoms with Gasteiger partial charge in [-0.05, 0) is 30.7 Å². The third-order valence-electron chi connectivity index (χ3n) is 3.80. The standard InChI is InChI=1S/C16H27NO/c1-12(2)16(10-11-18)17-14(4)13(3)15-8-6-5-7-9-15/h5-9,12-14,16-18H,10-11H2,1-4H3. The highest BCUT2D eigenvalue weighted by Crippen LogP contribution is 2.20. The number of aliphatic hydroxyl groups excluding tert-OH is 1. The van der Waals surface area contributed by atoms with E-state index in [-0.39, 0.29) is 6.61 Å². The van der Waals surface area contributed by atoms with Crippen molar-refractivity contribution < 1.29 is 5.11 Å². The van der Waals surface area contributed by atoms with Crippen LogP contribution in [0.3, 0.4) is 0 Å². The minimum Gasteiger partial charge on any atom is -0.396 e. The summed E-state index contributed by atoms with van der Waals surface area (Å²) in [6, 6.07) is 11.4. The fourth-order valence-corrected chi connectivity index (χ4v) is 2.28. The van der Waals surface area contributed by atoms with Crippen LogP contribution in [0.4, 0.5) is 0 Å². The van der Waals surface area contributed by atoms with Gasteiger partial charge in [-0.15, -0.1) is 0 Å². The molecular formula is C16H27NO. The molecule has 0 saturated heterocycles. The molecule has 0 aliphatic rings. The monoisotopic (exact) mass is 249 g/mol. The number of aliphatic hydroxyl groups is 1. The van der Waals surface area contributed by atoms with Crippen LogP contribution in [0.1, 0.15) is 45.6 Å². The van der Waals surface area contributed by atoms with E-state index in [0.717, 1.165) is 6.42 Å². The van der Waals surface area contributed by atoms with Gasteiger partial charge in [0.15, 0.2) is 0 Å². The van der Waals surface area contributed by atoms with Gasteiger partial charge in [0.2, 0.25) is 0 Å². The molecule has 2 nitrogen and oxygen atoms in total. The first kappa shape index (κ1) is 15.2. The zero-order valence-electron chi connectivity index (χ0n) is 12.1. The Labute approximate surface area is 111 Å². The lowest BCUT2D eigenvalue weighted by Crippen LogP contribution is -2.42. The fraction of sp³-hybridized carbons (Fsp3) is 0.625. The lowest BCUT2D eigenvalue weighted by molar-refractivity contribution is 0.232. The minimum absolute atomic E-state index is 0.252. The summed E-state index contributed by atoms with van der Waals surface area (Å²) in [5, 5.41) is 12.8. The second-order valence-corrected chi connectivity index (χ2v) is 5.52. The van der Waals surface area contributed by atoms with E-state index in [1.807, 2.05) is 0 Å². The van der Waals surface area contributed by atoms with Gasteiger partial charge in [0, 0.05) is 18.7 Å². The van der Waals surface area contributed by atoms with E-state index in [2.05, 4.69) is 63.3 Å². The quantitative estimate of drug-likeness (QED) is 0.778. The van der Waals surface area contributed by atoms with Gasteiger partial charge in [-0.3, -0.25) is 0 Å². The predicted octanol–water partition coefficient (Wildman–Crippen LogP) is 3.18. The van der Waals surface area contributed by atoms with Gasteiger partial charge in [-0.1, -0.05) is 51.1 Å². The highest BCUT2D eigenvalue weighted by Gasteiger charge is 2.19. The molecule has 0 saturated carbocycles. The highest BCUT2D eigenvalue weighted by molar-refractivity contribution is 5.20. The van der Waals surface area contributed by atoms with Crippen molar-refractivity contribution in [3.05, 3.63) is 35.9 Å². The van der Waals surface area contributed by atoms with E-state index in [0.29, 0.717) is 23.9 Å². The van der Waals surface area contributed by atoms with Crippen molar-refractivity contribution in [1.82, 2.24) is 5.32 Å². The van der Waals surface area contributed by atoms with Gasteiger partial charge in [-0.2, -0.15) is 0 Å². The third kappa shape index (κ3) is 4.43. The zero-order valence-corrected chi connectivity index (χ0v) is 12.1. The maximum atomic E-state index is 9.11. The number of rotatable bonds is 7. The first-order valence-corrected chi connectivity index (χ1v) is 6.98. The molecule has 1 aromatic rings. The molecule has 3 unspecified atom stereocenters. The number of hydrogen-bond donors (Lipinski definition) is 2. The Balaban J connectivity index is 2.61. The maximum absolute atomic E-state index is 9.11. The van der Waals surface area contributed by atoms with Gasteiger partial charge in [0.05, 0.1) is 0 Å². The topological polar surface area (TPSA) is 32.3 Å². The number of benzene rings is 1. The molecule has 0 aromatic heterocycles. The van der Waals surface area contributed by atoms with Crippen molar-refractivity contribution in [2.24, 2.45) is 5.92 Å². The lowest BCUT2D eigenvalue weighted by atomic mass is 9.92. The SMILES string of the molecule is CC(C)C(CCO)NC(C)C(C)c1ccccc1. The third-order valence-corrected chi connectivity index (χ3v) is 3.80. The van der Waals surface area contributed by atoms with Crippen LogP contribution in [0.5, 0.6) is 0 Å². The summed E-state index contributed by atoms with van der Waals surface area (Å²) in [5.74, 6) is 1.02. The van der Waals surface area contributed by atoms with Gasteiger partial charge in [0.25, 0.3) is 0 Å². The van der Waals surface area contributed by atoms with E-state index in [1.165, 1.54) is 5.56 Å². The molecule has 0 radical (unpaired) electrons. The Hall–Kier alpha value is -0.860. The molecule has 0 heterocycles. The van der Waals surface area contributed by atoms with Crippen LogP contribution in [-0.2, 0) is 0 Å². The van der Waals surface area contributed by atoms with Gasteiger partial charge >= 0.3 is 0 Å². The summed E-state index contributed by atoms with van der Waals surface area (Å²) in [5.41, 5.74) is 1.36. The maximum Gasteiger partial charge on any atom is 0.0445 e. The summed E-state index contributed by atoms with van der Waals surface area (Å²) in [4.78, 5) is 0. The average molecular weight is 249 g/mol. The van der Waals surface area contributed by atoms with Crippen LogP contribution in [0.15, 0.2) is 30.3 Å². The fourth-order valence-electron chi connectivity index (χ4n) is 2.28. The molecule has 102 valence electrons. The highest BCUT2D eigenvalue weighted by atomic mass is 16.3. The van der Waals surface area contributed by atoms with Crippen molar-refractivity contribution in [1.29, 1.82) is 0 Å². The molecule has 0 aliphatic carbocycles. The molecule has 0 fully saturated rings. The van der Waals surface area contributed by atoms with Crippen molar-refractivity contribution in [3.8, 4) is 0 Å². The Morgan fingerprint density at radius 1 is 1.06 bits per heavy atom. The molecule has 2 heteroatoms. The van der Waals surface area contributed by atoms with Gasteiger partial charge in [-0.25, -0.2) is 0 Å². The summed E-state index contributed by atoms with van der Waals surface area (Å²) < 4.78 is 0. The van der Waals surface area contributed by atoms with Crippen LogP contribution in [0.2, 0.25) is 0 Å². The van der Waals surface area contributed by atoms with E-state index in [4.69, 9.17) is 5.11 Å². The molecule has 0 spiro atoms. The van der Waals surface area contributed by atoms with Crippen LogP contribution < -0.4 is 5.32 Å².